The summed E-state index contributed by atoms with van der Waals surface area (Å²) in [6.07, 6.45) is -0.609. The van der Waals surface area contributed by atoms with Gasteiger partial charge in [-0.05, 0) is 17.7 Å². The Morgan fingerprint density at radius 1 is 1.10 bits per heavy atom. The first-order chi connectivity index (χ1) is 10.2. The molecule has 106 valence electrons. The van der Waals surface area contributed by atoms with Crippen LogP contribution in [-0.2, 0) is 9.53 Å². The highest BCUT2D eigenvalue weighted by Crippen LogP contribution is 2.37. The van der Waals surface area contributed by atoms with E-state index in [1.54, 1.807) is 19.2 Å². The maximum atomic E-state index is 12.7. The van der Waals surface area contributed by atoms with Gasteiger partial charge < -0.3 is 10.1 Å². The fraction of sp³-hybridized carbons (Fsp3) is 0.118. The molecule has 1 unspecified atom stereocenters. The molecule has 21 heavy (non-hydrogen) atoms. The quantitative estimate of drug-likeness (QED) is 0.941. The summed E-state index contributed by atoms with van der Waals surface area (Å²) in [5.74, 6) is 0.420. The molecule has 1 heterocycles. The number of hydrogen-bond donors (Lipinski definition) is 1. The molecule has 0 saturated carbocycles. The Bertz CT molecular complexity index is 710. The minimum Gasteiger partial charge on any atom is -0.462 e. The topological polar surface area (TPSA) is 38.3 Å². The SMILES string of the molecule is CNC1=C(c2cccc(Cl)c2)C(=O)C(c2ccccc2)O1. The number of benzene rings is 2. The molecule has 3 rings (SSSR count). The van der Waals surface area contributed by atoms with Gasteiger partial charge in [-0.2, -0.15) is 0 Å². The molecule has 0 bridgehead atoms. The van der Waals surface area contributed by atoms with E-state index in [2.05, 4.69) is 5.32 Å². The number of nitrogens with one attached hydrogen (secondary N) is 1. The molecule has 0 spiro atoms. The van der Waals surface area contributed by atoms with E-state index in [4.69, 9.17) is 16.3 Å². The summed E-state index contributed by atoms with van der Waals surface area (Å²) < 4.78 is 5.79. The van der Waals surface area contributed by atoms with Crippen LogP contribution in [0.4, 0.5) is 0 Å². The normalized spacial score (nSPS) is 17.8. The van der Waals surface area contributed by atoms with Crippen molar-refractivity contribution in [1.82, 2.24) is 5.32 Å². The molecule has 3 nitrogen and oxygen atoms in total. The largest absolute Gasteiger partial charge is 0.462 e. The van der Waals surface area contributed by atoms with Crippen LogP contribution in [-0.4, -0.2) is 12.8 Å². The molecule has 0 radical (unpaired) electrons. The van der Waals surface area contributed by atoms with Crippen molar-refractivity contribution in [1.29, 1.82) is 0 Å². The van der Waals surface area contributed by atoms with E-state index in [1.165, 1.54) is 0 Å². The summed E-state index contributed by atoms with van der Waals surface area (Å²) in [5, 5.41) is 3.54. The Kier molecular flexibility index (Phi) is 3.67. The lowest BCUT2D eigenvalue weighted by Gasteiger charge is -2.11. The first-order valence-electron chi connectivity index (χ1n) is 6.64. The number of carbonyl (C=O) groups excluding carboxylic acids is 1. The predicted molar refractivity (Wildman–Crippen MR) is 82.7 cm³/mol. The maximum absolute atomic E-state index is 12.7. The monoisotopic (exact) mass is 299 g/mol. The fourth-order valence-electron chi connectivity index (χ4n) is 2.42. The number of halogens is 1. The molecule has 1 N–H and O–H groups in total. The minimum atomic E-state index is -0.609. The van der Waals surface area contributed by atoms with Gasteiger partial charge in [0.15, 0.2) is 12.0 Å². The maximum Gasteiger partial charge on any atom is 0.213 e. The van der Waals surface area contributed by atoms with Crippen molar-refractivity contribution in [2.45, 2.75) is 6.10 Å². The molecular weight excluding hydrogens is 286 g/mol. The predicted octanol–water partition coefficient (Wildman–Crippen LogP) is 3.57. The average Bonchev–Trinajstić information content (AvgIpc) is 2.85. The molecule has 0 aliphatic carbocycles. The van der Waals surface area contributed by atoms with E-state index >= 15 is 0 Å². The average molecular weight is 300 g/mol. The summed E-state index contributed by atoms with van der Waals surface area (Å²) >= 11 is 6.02. The zero-order valence-corrected chi connectivity index (χ0v) is 12.2. The zero-order chi connectivity index (χ0) is 14.8. The van der Waals surface area contributed by atoms with Crippen molar-refractivity contribution < 1.29 is 9.53 Å². The first-order valence-corrected chi connectivity index (χ1v) is 7.02. The van der Waals surface area contributed by atoms with Gasteiger partial charge >= 0.3 is 0 Å². The standard InChI is InChI=1S/C17H14ClNO2/c1-19-17-14(12-8-5-9-13(18)10-12)15(20)16(21-17)11-6-3-2-4-7-11/h2-10,16,19H,1H3. The molecule has 0 saturated heterocycles. The molecular formula is C17H14ClNO2. The van der Waals surface area contributed by atoms with Crippen LogP contribution in [0.5, 0.6) is 0 Å². The lowest BCUT2D eigenvalue weighted by atomic mass is 9.97. The molecule has 2 aromatic carbocycles. The van der Waals surface area contributed by atoms with Gasteiger partial charge in [0.25, 0.3) is 0 Å². The molecule has 2 aromatic rings. The van der Waals surface area contributed by atoms with Crippen LogP contribution in [0.2, 0.25) is 5.02 Å². The molecule has 4 heteroatoms. The number of rotatable bonds is 3. The van der Waals surface area contributed by atoms with Crippen LogP contribution < -0.4 is 5.32 Å². The van der Waals surface area contributed by atoms with Gasteiger partial charge in [0.05, 0.1) is 5.57 Å². The first kappa shape index (κ1) is 13.7. The van der Waals surface area contributed by atoms with Crippen molar-refractivity contribution in [3.63, 3.8) is 0 Å². The third-order valence-electron chi connectivity index (χ3n) is 3.39. The van der Waals surface area contributed by atoms with Crippen LogP contribution >= 0.6 is 11.6 Å². The van der Waals surface area contributed by atoms with E-state index in [0.717, 1.165) is 11.1 Å². The second-order valence-electron chi connectivity index (χ2n) is 4.74. The Hall–Kier alpha value is -2.26. The smallest absolute Gasteiger partial charge is 0.213 e. The minimum absolute atomic E-state index is 0.0622. The van der Waals surface area contributed by atoms with E-state index < -0.39 is 6.10 Å². The number of carbonyl (C=O) groups is 1. The Balaban J connectivity index is 2.01. The van der Waals surface area contributed by atoms with Gasteiger partial charge in [-0.25, -0.2) is 0 Å². The molecule has 1 aliphatic heterocycles. The summed E-state index contributed by atoms with van der Waals surface area (Å²) in [5.41, 5.74) is 2.14. The van der Waals surface area contributed by atoms with E-state index in [0.29, 0.717) is 16.5 Å². The van der Waals surface area contributed by atoms with Gasteiger partial charge in [-0.3, -0.25) is 4.79 Å². The van der Waals surface area contributed by atoms with Crippen LogP contribution in [0.25, 0.3) is 5.57 Å². The highest BCUT2D eigenvalue weighted by molar-refractivity contribution is 6.31. The lowest BCUT2D eigenvalue weighted by molar-refractivity contribution is -0.120. The fourth-order valence-corrected chi connectivity index (χ4v) is 2.61. The molecule has 0 amide bonds. The summed E-state index contributed by atoms with van der Waals surface area (Å²) in [6.45, 7) is 0. The van der Waals surface area contributed by atoms with Gasteiger partial charge in [-0.15, -0.1) is 0 Å². The zero-order valence-electron chi connectivity index (χ0n) is 11.5. The molecule has 1 aliphatic rings. The lowest BCUT2D eigenvalue weighted by Crippen LogP contribution is -2.10. The Morgan fingerprint density at radius 2 is 1.86 bits per heavy atom. The van der Waals surface area contributed by atoms with Crippen molar-refractivity contribution in [2.24, 2.45) is 0 Å². The highest BCUT2D eigenvalue weighted by Gasteiger charge is 2.36. The van der Waals surface area contributed by atoms with Crippen LogP contribution in [0.1, 0.15) is 17.2 Å². The van der Waals surface area contributed by atoms with Crippen LogP contribution in [0, 0.1) is 0 Å². The molecule has 0 aromatic heterocycles. The number of hydrogen-bond acceptors (Lipinski definition) is 3. The van der Waals surface area contributed by atoms with Gasteiger partial charge in [-0.1, -0.05) is 54.1 Å². The van der Waals surface area contributed by atoms with Gasteiger partial charge in [0.1, 0.15) is 0 Å². The van der Waals surface area contributed by atoms with Crippen molar-refractivity contribution in [3.05, 3.63) is 76.6 Å². The second kappa shape index (κ2) is 5.62. The third kappa shape index (κ3) is 2.52. The number of Topliss-reactive ketones (excluding diaryl/α,β-unsaturated/α-hetero) is 1. The van der Waals surface area contributed by atoms with Crippen molar-refractivity contribution in [3.8, 4) is 0 Å². The number of ether oxygens (including phenoxy) is 1. The summed E-state index contributed by atoms with van der Waals surface area (Å²) in [4.78, 5) is 12.7. The summed E-state index contributed by atoms with van der Waals surface area (Å²) in [7, 11) is 1.74. The second-order valence-corrected chi connectivity index (χ2v) is 5.17. The Labute approximate surface area is 128 Å². The highest BCUT2D eigenvalue weighted by atomic mass is 35.5. The third-order valence-corrected chi connectivity index (χ3v) is 3.63. The molecule has 1 atom stereocenters. The van der Waals surface area contributed by atoms with Gasteiger partial charge in [0, 0.05) is 17.6 Å². The number of ketones is 1. The van der Waals surface area contributed by atoms with E-state index in [-0.39, 0.29) is 5.78 Å². The van der Waals surface area contributed by atoms with E-state index in [1.807, 2.05) is 42.5 Å². The van der Waals surface area contributed by atoms with Crippen LogP contribution in [0.15, 0.2) is 60.5 Å². The Morgan fingerprint density at radius 3 is 2.52 bits per heavy atom. The van der Waals surface area contributed by atoms with Gasteiger partial charge in [0.2, 0.25) is 5.78 Å². The van der Waals surface area contributed by atoms with Crippen molar-refractivity contribution >= 4 is 23.0 Å². The van der Waals surface area contributed by atoms with E-state index in [9.17, 15) is 4.79 Å². The molecule has 0 fully saturated rings. The van der Waals surface area contributed by atoms with Crippen molar-refractivity contribution in [2.75, 3.05) is 7.05 Å². The summed E-state index contributed by atoms with van der Waals surface area (Å²) in [6, 6.07) is 16.7. The van der Waals surface area contributed by atoms with Crippen LogP contribution in [0.3, 0.4) is 0 Å².